The van der Waals surface area contributed by atoms with Crippen molar-refractivity contribution in [1.82, 2.24) is 14.9 Å². The van der Waals surface area contributed by atoms with Crippen molar-refractivity contribution >= 4 is 17.4 Å². The fraction of sp³-hybridized carbons (Fsp3) is 0.692. The second kappa shape index (κ2) is 5.85. The molecule has 1 aromatic rings. The van der Waals surface area contributed by atoms with E-state index in [-0.39, 0.29) is 0 Å². The van der Waals surface area contributed by atoms with E-state index in [0.717, 1.165) is 49.6 Å². The lowest BCUT2D eigenvalue weighted by Gasteiger charge is -2.30. The lowest BCUT2D eigenvalue weighted by atomic mass is 10.1. The summed E-state index contributed by atoms with van der Waals surface area (Å²) in [5, 5.41) is 4.12. The van der Waals surface area contributed by atoms with Crippen LogP contribution < -0.4 is 5.32 Å². The van der Waals surface area contributed by atoms with Gasteiger partial charge in [-0.3, -0.25) is 0 Å². The molecule has 1 saturated heterocycles. The first kappa shape index (κ1) is 13.6. The van der Waals surface area contributed by atoms with Crippen LogP contribution in [0.5, 0.6) is 0 Å². The second-order valence-electron chi connectivity index (χ2n) is 4.96. The van der Waals surface area contributed by atoms with Crippen LogP contribution in [0.3, 0.4) is 0 Å². The first-order chi connectivity index (χ1) is 8.60. The second-order valence-corrected chi connectivity index (χ2v) is 5.32. The van der Waals surface area contributed by atoms with E-state index >= 15 is 0 Å². The zero-order valence-electron chi connectivity index (χ0n) is 11.3. The van der Waals surface area contributed by atoms with Gasteiger partial charge in [0.15, 0.2) is 0 Å². The molecule has 0 saturated carbocycles. The Morgan fingerprint density at radius 2 is 2.00 bits per heavy atom. The molecule has 1 aromatic heterocycles. The van der Waals surface area contributed by atoms with Gasteiger partial charge in [0.05, 0.1) is 0 Å². The highest BCUT2D eigenvalue weighted by Crippen LogP contribution is 2.24. The Bertz CT molecular complexity index is 414. The number of piperidine rings is 1. The van der Waals surface area contributed by atoms with E-state index in [0.29, 0.717) is 11.2 Å². The Hall–Kier alpha value is -0.870. The Morgan fingerprint density at radius 3 is 2.61 bits per heavy atom. The van der Waals surface area contributed by atoms with Crippen molar-refractivity contribution in [2.24, 2.45) is 0 Å². The summed E-state index contributed by atoms with van der Waals surface area (Å²) in [4.78, 5) is 11.1. The van der Waals surface area contributed by atoms with Crippen molar-refractivity contribution in [2.75, 3.05) is 25.5 Å². The fourth-order valence-electron chi connectivity index (χ4n) is 2.34. The third-order valence-electron chi connectivity index (χ3n) is 3.48. The predicted molar refractivity (Wildman–Crippen MR) is 75.3 cm³/mol. The van der Waals surface area contributed by atoms with Crippen molar-refractivity contribution in [3.05, 3.63) is 16.5 Å². The topological polar surface area (TPSA) is 41.1 Å². The summed E-state index contributed by atoms with van der Waals surface area (Å²) in [5.41, 5.74) is 1.03. The molecule has 1 N–H and O–H groups in total. The Labute approximate surface area is 114 Å². The van der Waals surface area contributed by atoms with Crippen LogP contribution in [-0.4, -0.2) is 41.0 Å². The Balaban J connectivity index is 2.13. The fourth-order valence-corrected chi connectivity index (χ4v) is 2.69. The number of anilines is 1. The summed E-state index contributed by atoms with van der Waals surface area (Å²) in [5.74, 6) is 1.65. The lowest BCUT2D eigenvalue weighted by molar-refractivity contribution is 0.263. The van der Waals surface area contributed by atoms with Crippen LogP contribution >= 0.6 is 11.6 Å². The minimum Gasteiger partial charge on any atom is -0.367 e. The summed E-state index contributed by atoms with van der Waals surface area (Å²) >= 11 is 6.18. The standard InChI is InChI=1S/C13H21ClN4/c1-4-11-12(14)15-9(2)16-13(11)17-10-5-7-18(3)8-6-10/h10H,4-8H2,1-3H3,(H,15,16,17). The van der Waals surface area contributed by atoms with Crippen molar-refractivity contribution < 1.29 is 0 Å². The van der Waals surface area contributed by atoms with E-state index in [1.165, 1.54) is 0 Å². The van der Waals surface area contributed by atoms with E-state index in [9.17, 15) is 0 Å². The number of hydrogen-bond donors (Lipinski definition) is 1. The quantitative estimate of drug-likeness (QED) is 0.856. The minimum absolute atomic E-state index is 0.497. The number of rotatable bonds is 3. The van der Waals surface area contributed by atoms with Crippen LogP contribution in [0.1, 0.15) is 31.2 Å². The van der Waals surface area contributed by atoms with Gasteiger partial charge in [0, 0.05) is 11.6 Å². The maximum absolute atomic E-state index is 6.18. The van der Waals surface area contributed by atoms with E-state index in [2.05, 4.69) is 34.2 Å². The average molecular weight is 269 g/mol. The molecular formula is C13H21ClN4. The molecule has 1 aliphatic heterocycles. The predicted octanol–water partition coefficient (Wildman–Crippen LogP) is 2.51. The van der Waals surface area contributed by atoms with Crippen molar-refractivity contribution in [3.8, 4) is 0 Å². The van der Waals surface area contributed by atoms with Gasteiger partial charge in [-0.15, -0.1) is 0 Å². The van der Waals surface area contributed by atoms with Crippen molar-refractivity contribution in [2.45, 2.75) is 39.2 Å². The number of nitrogens with one attached hydrogen (secondary N) is 1. The summed E-state index contributed by atoms with van der Waals surface area (Å²) < 4.78 is 0. The summed E-state index contributed by atoms with van der Waals surface area (Å²) in [6, 6.07) is 0.497. The molecule has 0 radical (unpaired) electrons. The molecule has 100 valence electrons. The van der Waals surface area contributed by atoms with Crippen molar-refractivity contribution in [1.29, 1.82) is 0 Å². The van der Waals surface area contributed by atoms with Gasteiger partial charge in [0.25, 0.3) is 0 Å². The number of halogens is 1. The molecule has 18 heavy (non-hydrogen) atoms. The molecule has 0 spiro atoms. The zero-order valence-corrected chi connectivity index (χ0v) is 12.1. The van der Waals surface area contributed by atoms with Gasteiger partial charge < -0.3 is 10.2 Å². The molecule has 4 nitrogen and oxygen atoms in total. The van der Waals surface area contributed by atoms with Gasteiger partial charge in [-0.25, -0.2) is 9.97 Å². The molecule has 2 heterocycles. The molecule has 1 fully saturated rings. The highest BCUT2D eigenvalue weighted by molar-refractivity contribution is 6.30. The molecule has 0 bridgehead atoms. The average Bonchev–Trinajstić information content (AvgIpc) is 2.32. The van der Waals surface area contributed by atoms with Crippen LogP contribution in [0.2, 0.25) is 5.15 Å². The highest BCUT2D eigenvalue weighted by atomic mass is 35.5. The van der Waals surface area contributed by atoms with Crippen molar-refractivity contribution in [3.63, 3.8) is 0 Å². The maximum atomic E-state index is 6.18. The molecule has 2 rings (SSSR count). The Morgan fingerprint density at radius 1 is 1.33 bits per heavy atom. The van der Waals surface area contributed by atoms with Crippen LogP contribution in [0.15, 0.2) is 0 Å². The van der Waals surface area contributed by atoms with E-state index in [1.807, 2.05) is 6.92 Å². The van der Waals surface area contributed by atoms with Crippen LogP contribution in [-0.2, 0) is 6.42 Å². The summed E-state index contributed by atoms with van der Waals surface area (Å²) in [6.07, 6.45) is 3.16. The largest absolute Gasteiger partial charge is 0.367 e. The molecule has 0 unspecified atom stereocenters. The summed E-state index contributed by atoms with van der Waals surface area (Å²) in [7, 11) is 2.17. The monoisotopic (exact) mass is 268 g/mol. The van der Waals surface area contributed by atoms with E-state index < -0.39 is 0 Å². The molecule has 5 heteroatoms. The SMILES string of the molecule is CCc1c(Cl)nc(C)nc1NC1CCN(C)CC1. The lowest BCUT2D eigenvalue weighted by Crippen LogP contribution is -2.37. The van der Waals surface area contributed by atoms with Gasteiger partial charge in [0.2, 0.25) is 0 Å². The normalized spacial score (nSPS) is 18.0. The van der Waals surface area contributed by atoms with Crippen LogP contribution in [0.25, 0.3) is 0 Å². The highest BCUT2D eigenvalue weighted by Gasteiger charge is 2.19. The zero-order chi connectivity index (χ0) is 13.1. The maximum Gasteiger partial charge on any atom is 0.138 e. The number of likely N-dealkylation sites (tertiary alicyclic amines) is 1. The van der Waals surface area contributed by atoms with Gasteiger partial charge in [-0.1, -0.05) is 18.5 Å². The molecule has 0 atom stereocenters. The molecule has 0 aliphatic carbocycles. The van der Waals surface area contributed by atoms with Gasteiger partial charge in [0.1, 0.15) is 16.8 Å². The molecule has 0 amide bonds. The first-order valence-electron chi connectivity index (χ1n) is 6.58. The van der Waals surface area contributed by atoms with Gasteiger partial charge >= 0.3 is 0 Å². The summed E-state index contributed by atoms with van der Waals surface area (Å²) in [6.45, 7) is 6.23. The van der Waals surface area contributed by atoms with E-state index in [1.54, 1.807) is 0 Å². The number of aryl methyl sites for hydroxylation is 1. The van der Waals surface area contributed by atoms with E-state index in [4.69, 9.17) is 11.6 Å². The number of hydrogen-bond acceptors (Lipinski definition) is 4. The molecular weight excluding hydrogens is 248 g/mol. The molecule has 1 aliphatic rings. The Kier molecular flexibility index (Phi) is 4.40. The van der Waals surface area contributed by atoms with Crippen LogP contribution in [0.4, 0.5) is 5.82 Å². The third-order valence-corrected chi connectivity index (χ3v) is 3.79. The number of nitrogens with zero attached hydrogens (tertiary/aromatic N) is 3. The third kappa shape index (κ3) is 3.12. The minimum atomic E-state index is 0.497. The van der Waals surface area contributed by atoms with Gasteiger partial charge in [-0.05, 0) is 46.3 Å². The molecule has 0 aromatic carbocycles. The van der Waals surface area contributed by atoms with Crippen LogP contribution in [0, 0.1) is 6.92 Å². The number of aromatic nitrogens is 2. The first-order valence-corrected chi connectivity index (χ1v) is 6.96. The smallest absolute Gasteiger partial charge is 0.138 e. The van der Waals surface area contributed by atoms with Gasteiger partial charge in [-0.2, -0.15) is 0 Å².